The summed E-state index contributed by atoms with van der Waals surface area (Å²) in [6.45, 7) is 0.682. The summed E-state index contributed by atoms with van der Waals surface area (Å²) >= 11 is 1.67. The number of hydrogen-bond donors (Lipinski definition) is 1. The predicted molar refractivity (Wildman–Crippen MR) is 48.3 cm³/mol. The molecule has 1 aromatic rings. The molecule has 2 unspecified atom stereocenters. The second-order valence-electron chi connectivity index (χ2n) is 3.09. The van der Waals surface area contributed by atoms with Gasteiger partial charge in [0, 0.05) is 13.0 Å². The standard InChI is InChI=1S/C9H12O2S/c10-8-1-3-11-9(5-8)7-2-4-12-6-7/h2,4,6,8-10H,1,3,5H2. The molecule has 66 valence electrons. The number of ether oxygens (including phenoxy) is 1. The zero-order valence-electron chi connectivity index (χ0n) is 6.77. The van der Waals surface area contributed by atoms with Crippen molar-refractivity contribution in [2.45, 2.75) is 25.0 Å². The number of thiophene rings is 1. The van der Waals surface area contributed by atoms with Gasteiger partial charge in [0.1, 0.15) is 0 Å². The van der Waals surface area contributed by atoms with E-state index < -0.39 is 0 Å². The first-order chi connectivity index (χ1) is 5.86. The zero-order valence-corrected chi connectivity index (χ0v) is 7.59. The Kier molecular flexibility index (Phi) is 2.44. The highest BCUT2D eigenvalue weighted by molar-refractivity contribution is 7.07. The fraction of sp³-hybridized carbons (Fsp3) is 0.556. The molecule has 2 nitrogen and oxygen atoms in total. The van der Waals surface area contributed by atoms with Crippen molar-refractivity contribution in [1.29, 1.82) is 0 Å². The minimum absolute atomic E-state index is 0.125. The topological polar surface area (TPSA) is 29.5 Å². The largest absolute Gasteiger partial charge is 0.393 e. The van der Waals surface area contributed by atoms with Crippen molar-refractivity contribution in [3.8, 4) is 0 Å². The lowest BCUT2D eigenvalue weighted by Crippen LogP contribution is -2.22. The van der Waals surface area contributed by atoms with Crippen molar-refractivity contribution in [3.05, 3.63) is 22.4 Å². The molecule has 1 aliphatic rings. The minimum Gasteiger partial charge on any atom is -0.393 e. The van der Waals surface area contributed by atoms with Gasteiger partial charge >= 0.3 is 0 Å². The Morgan fingerprint density at radius 1 is 1.58 bits per heavy atom. The summed E-state index contributed by atoms with van der Waals surface area (Å²) in [5.41, 5.74) is 1.21. The van der Waals surface area contributed by atoms with Gasteiger partial charge in [-0.25, -0.2) is 0 Å². The Balaban J connectivity index is 2.04. The first-order valence-corrected chi connectivity index (χ1v) is 5.12. The summed E-state index contributed by atoms with van der Waals surface area (Å²) in [7, 11) is 0. The van der Waals surface area contributed by atoms with Crippen LogP contribution in [0.3, 0.4) is 0 Å². The molecule has 1 aliphatic heterocycles. The van der Waals surface area contributed by atoms with Gasteiger partial charge in [0.25, 0.3) is 0 Å². The monoisotopic (exact) mass is 184 g/mol. The molecule has 0 bridgehead atoms. The minimum atomic E-state index is -0.177. The van der Waals surface area contributed by atoms with Crippen molar-refractivity contribution < 1.29 is 9.84 Å². The van der Waals surface area contributed by atoms with E-state index in [4.69, 9.17) is 4.74 Å². The van der Waals surface area contributed by atoms with Crippen molar-refractivity contribution in [1.82, 2.24) is 0 Å². The number of hydrogen-bond acceptors (Lipinski definition) is 3. The van der Waals surface area contributed by atoms with E-state index in [1.165, 1.54) is 5.56 Å². The SMILES string of the molecule is OC1CCOC(c2ccsc2)C1. The average Bonchev–Trinajstić information content (AvgIpc) is 2.56. The highest BCUT2D eigenvalue weighted by Gasteiger charge is 2.22. The molecular weight excluding hydrogens is 172 g/mol. The van der Waals surface area contributed by atoms with Gasteiger partial charge in [-0.1, -0.05) is 0 Å². The number of rotatable bonds is 1. The molecule has 0 amide bonds. The van der Waals surface area contributed by atoms with Crippen LogP contribution in [-0.2, 0) is 4.74 Å². The van der Waals surface area contributed by atoms with Gasteiger partial charge in [0.15, 0.2) is 0 Å². The zero-order chi connectivity index (χ0) is 8.39. The Hall–Kier alpha value is -0.380. The Morgan fingerprint density at radius 2 is 2.50 bits per heavy atom. The smallest absolute Gasteiger partial charge is 0.0857 e. The normalized spacial score (nSPS) is 30.4. The molecule has 0 aromatic carbocycles. The van der Waals surface area contributed by atoms with Crippen LogP contribution in [0.2, 0.25) is 0 Å². The highest BCUT2D eigenvalue weighted by atomic mass is 32.1. The summed E-state index contributed by atoms with van der Waals surface area (Å²) in [6.07, 6.45) is 1.47. The quantitative estimate of drug-likeness (QED) is 0.723. The molecule has 2 rings (SSSR count). The highest BCUT2D eigenvalue weighted by Crippen LogP contribution is 2.29. The third-order valence-corrected chi connectivity index (χ3v) is 2.87. The molecule has 1 aromatic heterocycles. The Bertz CT molecular complexity index is 233. The lowest BCUT2D eigenvalue weighted by Gasteiger charge is -2.25. The third kappa shape index (κ3) is 1.68. The molecule has 2 heterocycles. The molecule has 0 radical (unpaired) electrons. The molecule has 2 atom stereocenters. The molecule has 1 saturated heterocycles. The second kappa shape index (κ2) is 3.56. The summed E-state index contributed by atoms with van der Waals surface area (Å²) < 4.78 is 5.54. The van der Waals surface area contributed by atoms with Gasteiger partial charge in [-0.2, -0.15) is 11.3 Å². The van der Waals surface area contributed by atoms with E-state index in [0.717, 1.165) is 12.8 Å². The van der Waals surface area contributed by atoms with Crippen molar-refractivity contribution in [2.75, 3.05) is 6.61 Å². The van der Waals surface area contributed by atoms with Crippen LogP contribution in [0.25, 0.3) is 0 Å². The molecular formula is C9H12O2S. The lowest BCUT2D eigenvalue weighted by atomic mass is 10.0. The van der Waals surface area contributed by atoms with Crippen LogP contribution in [0.5, 0.6) is 0 Å². The maximum absolute atomic E-state index is 9.40. The van der Waals surface area contributed by atoms with Gasteiger partial charge in [-0.15, -0.1) is 0 Å². The summed E-state index contributed by atoms with van der Waals surface area (Å²) in [4.78, 5) is 0. The molecule has 1 N–H and O–H groups in total. The summed E-state index contributed by atoms with van der Waals surface area (Å²) in [5.74, 6) is 0. The first-order valence-electron chi connectivity index (χ1n) is 4.18. The van der Waals surface area contributed by atoms with Crippen LogP contribution in [0.1, 0.15) is 24.5 Å². The van der Waals surface area contributed by atoms with Gasteiger partial charge in [0.2, 0.25) is 0 Å². The maximum Gasteiger partial charge on any atom is 0.0857 e. The fourth-order valence-electron chi connectivity index (χ4n) is 1.47. The first kappa shape index (κ1) is 8.23. The third-order valence-electron chi connectivity index (χ3n) is 2.17. The van der Waals surface area contributed by atoms with Gasteiger partial charge in [-0.05, 0) is 28.8 Å². The van der Waals surface area contributed by atoms with Crippen molar-refractivity contribution in [3.63, 3.8) is 0 Å². The van der Waals surface area contributed by atoms with Crippen LogP contribution in [0.15, 0.2) is 16.8 Å². The van der Waals surface area contributed by atoms with Crippen LogP contribution in [-0.4, -0.2) is 17.8 Å². The van der Waals surface area contributed by atoms with Gasteiger partial charge in [-0.3, -0.25) is 0 Å². The van der Waals surface area contributed by atoms with E-state index in [1.54, 1.807) is 11.3 Å². The van der Waals surface area contributed by atoms with Crippen LogP contribution in [0, 0.1) is 0 Å². The van der Waals surface area contributed by atoms with E-state index in [2.05, 4.69) is 11.4 Å². The predicted octanol–water partition coefficient (Wildman–Crippen LogP) is 1.96. The summed E-state index contributed by atoms with van der Waals surface area (Å²) in [5, 5.41) is 13.5. The van der Waals surface area contributed by atoms with Crippen molar-refractivity contribution in [2.24, 2.45) is 0 Å². The van der Waals surface area contributed by atoms with E-state index in [-0.39, 0.29) is 12.2 Å². The lowest BCUT2D eigenvalue weighted by molar-refractivity contribution is -0.0446. The Labute approximate surface area is 75.8 Å². The van der Waals surface area contributed by atoms with Crippen LogP contribution < -0.4 is 0 Å². The summed E-state index contributed by atoms with van der Waals surface area (Å²) in [6, 6.07) is 2.06. The van der Waals surface area contributed by atoms with Gasteiger partial charge < -0.3 is 9.84 Å². The molecule has 0 saturated carbocycles. The number of aliphatic hydroxyl groups is 1. The van der Waals surface area contributed by atoms with E-state index in [1.807, 2.05) is 5.38 Å². The van der Waals surface area contributed by atoms with Gasteiger partial charge in [0.05, 0.1) is 12.2 Å². The molecule has 12 heavy (non-hydrogen) atoms. The van der Waals surface area contributed by atoms with Crippen LogP contribution >= 0.6 is 11.3 Å². The van der Waals surface area contributed by atoms with E-state index in [9.17, 15) is 5.11 Å². The van der Waals surface area contributed by atoms with E-state index >= 15 is 0 Å². The molecule has 0 aliphatic carbocycles. The van der Waals surface area contributed by atoms with Crippen LogP contribution in [0.4, 0.5) is 0 Å². The van der Waals surface area contributed by atoms with Crippen molar-refractivity contribution >= 4 is 11.3 Å². The molecule has 0 spiro atoms. The molecule has 3 heteroatoms. The maximum atomic E-state index is 9.40. The second-order valence-corrected chi connectivity index (χ2v) is 3.87. The number of aliphatic hydroxyl groups excluding tert-OH is 1. The van der Waals surface area contributed by atoms with E-state index in [0.29, 0.717) is 6.61 Å². The average molecular weight is 184 g/mol. The Morgan fingerprint density at radius 3 is 3.17 bits per heavy atom. The fourth-order valence-corrected chi connectivity index (χ4v) is 2.17. The molecule has 1 fully saturated rings.